The summed E-state index contributed by atoms with van der Waals surface area (Å²) in [6, 6.07) is 13.7. The van der Waals surface area contributed by atoms with Gasteiger partial charge in [0.25, 0.3) is 5.56 Å². The van der Waals surface area contributed by atoms with Crippen LogP contribution in [0.3, 0.4) is 0 Å². The van der Waals surface area contributed by atoms with Gasteiger partial charge in [-0.3, -0.25) is 9.59 Å². The summed E-state index contributed by atoms with van der Waals surface area (Å²) in [6.07, 6.45) is -2.48. The van der Waals surface area contributed by atoms with Gasteiger partial charge in [-0.05, 0) is 36.2 Å². The summed E-state index contributed by atoms with van der Waals surface area (Å²) in [5.74, 6) is -0.287. The molecule has 7 nitrogen and oxygen atoms in total. The molecule has 11 heteroatoms. The molecule has 0 atom stereocenters. The maximum absolute atomic E-state index is 12.8. The van der Waals surface area contributed by atoms with Crippen molar-refractivity contribution in [1.82, 2.24) is 24.9 Å². The highest BCUT2D eigenvalue weighted by Gasteiger charge is 2.29. The van der Waals surface area contributed by atoms with Crippen LogP contribution in [0.4, 0.5) is 13.2 Å². The Morgan fingerprint density at radius 3 is 2.44 bits per heavy atom. The molecule has 0 radical (unpaired) electrons. The highest BCUT2D eigenvalue weighted by Crippen LogP contribution is 2.29. The molecule has 0 aliphatic carbocycles. The zero-order valence-corrected chi connectivity index (χ0v) is 18.5. The number of amides is 1. The third kappa shape index (κ3) is 5.12. The van der Waals surface area contributed by atoms with Crippen molar-refractivity contribution in [3.63, 3.8) is 0 Å². The molecule has 2 aromatic carbocycles. The Morgan fingerprint density at radius 2 is 1.76 bits per heavy atom. The number of carbonyl (C=O) groups excluding carboxylic acids is 1. The number of carbonyl (C=O) groups is 1. The molecule has 4 rings (SSSR count). The van der Waals surface area contributed by atoms with E-state index in [2.05, 4.69) is 15.5 Å². The van der Waals surface area contributed by atoms with Crippen molar-refractivity contribution in [2.45, 2.75) is 32.1 Å². The lowest BCUT2D eigenvalue weighted by Crippen LogP contribution is -2.26. The molecular formula is C23H19ClF3N5O2. The van der Waals surface area contributed by atoms with E-state index in [0.717, 1.165) is 12.1 Å². The van der Waals surface area contributed by atoms with Crippen LogP contribution in [-0.2, 0) is 24.1 Å². The number of para-hydroxylation sites is 1. The maximum atomic E-state index is 12.8. The summed E-state index contributed by atoms with van der Waals surface area (Å²) in [6.45, 7) is 0.300. The van der Waals surface area contributed by atoms with E-state index in [0.29, 0.717) is 23.1 Å². The number of hydrogen-bond acceptors (Lipinski definition) is 4. The minimum absolute atomic E-state index is 0.108. The van der Waals surface area contributed by atoms with E-state index in [1.54, 1.807) is 0 Å². The molecule has 0 spiro atoms. The predicted molar refractivity (Wildman–Crippen MR) is 121 cm³/mol. The highest BCUT2D eigenvalue weighted by atomic mass is 35.5. The lowest BCUT2D eigenvalue weighted by atomic mass is 10.1. The number of nitrogens with zero attached hydrogens (tertiary/aromatic N) is 4. The van der Waals surface area contributed by atoms with E-state index in [1.807, 2.05) is 30.3 Å². The van der Waals surface area contributed by atoms with Crippen LogP contribution in [-0.4, -0.2) is 25.5 Å². The first-order chi connectivity index (χ1) is 16.2. The molecule has 34 heavy (non-hydrogen) atoms. The summed E-state index contributed by atoms with van der Waals surface area (Å²) < 4.78 is 40.5. The average Bonchev–Trinajstić information content (AvgIpc) is 3.16. The van der Waals surface area contributed by atoms with Crippen LogP contribution in [0, 0.1) is 0 Å². The lowest BCUT2D eigenvalue weighted by Gasteiger charge is -2.09. The van der Waals surface area contributed by atoms with Gasteiger partial charge in [-0.15, -0.1) is 0 Å². The van der Waals surface area contributed by atoms with Crippen LogP contribution in [0.1, 0.15) is 24.0 Å². The number of fused-ring (bicyclic) bond motifs is 1. The molecule has 2 heterocycles. The molecule has 0 bridgehead atoms. The Labute approximate surface area is 196 Å². The van der Waals surface area contributed by atoms with Gasteiger partial charge >= 0.3 is 6.18 Å². The molecule has 2 aromatic heterocycles. The molecule has 4 aromatic rings. The number of aromatic nitrogens is 4. The normalized spacial score (nSPS) is 11.6. The van der Waals surface area contributed by atoms with Crippen molar-refractivity contribution in [2.24, 2.45) is 0 Å². The summed E-state index contributed by atoms with van der Waals surface area (Å²) in [7, 11) is 0. The summed E-state index contributed by atoms with van der Waals surface area (Å²) >= 11 is 6.38. The molecule has 1 amide bonds. The van der Waals surface area contributed by atoms with E-state index >= 15 is 0 Å². The number of rotatable bonds is 7. The lowest BCUT2D eigenvalue weighted by molar-refractivity contribution is -0.137. The van der Waals surface area contributed by atoms with Gasteiger partial charge < -0.3 is 5.32 Å². The summed E-state index contributed by atoms with van der Waals surface area (Å²) in [5.41, 5.74) is 0.275. The number of nitrogens with one attached hydrogen (secondary N) is 1. The fourth-order valence-electron chi connectivity index (χ4n) is 3.37. The zero-order chi connectivity index (χ0) is 24.3. The zero-order valence-electron chi connectivity index (χ0n) is 17.7. The van der Waals surface area contributed by atoms with Gasteiger partial charge in [-0.1, -0.05) is 41.9 Å². The number of hydrogen-bond donors (Lipinski definition) is 1. The van der Waals surface area contributed by atoms with Gasteiger partial charge in [0.2, 0.25) is 5.91 Å². The fourth-order valence-corrected chi connectivity index (χ4v) is 3.65. The molecular weight excluding hydrogens is 471 g/mol. The fraction of sp³-hybridized carbons (Fsp3) is 0.217. The van der Waals surface area contributed by atoms with E-state index in [9.17, 15) is 22.8 Å². The Balaban J connectivity index is 1.35. The first kappa shape index (κ1) is 23.5. The number of halogens is 4. The highest BCUT2D eigenvalue weighted by molar-refractivity contribution is 6.34. The van der Waals surface area contributed by atoms with Crippen LogP contribution in [0.25, 0.3) is 16.6 Å². The van der Waals surface area contributed by atoms with Crippen LogP contribution in [0.15, 0.2) is 65.6 Å². The predicted octanol–water partition coefficient (Wildman–Crippen LogP) is 4.35. The second kappa shape index (κ2) is 9.68. The minimum Gasteiger partial charge on any atom is -0.352 e. The minimum atomic E-state index is -4.40. The number of alkyl halides is 3. The molecule has 0 fully saturated rings. The first-order valence-corrected chi connectivity index (χ1v) is 10.7. The second-order valence-corrected chi connectivity index (χ2v) is 7.91. The monoisotopic (exact) mass is 489 g/mol. The third-order valence-corrected chi connectivity index (χ3v) is 5.54. The van der Waals surface area contributed by atoms with E-state index in [1.165, 1.54) is 27.7 Å². The smallest absolute Gasteiger partial charge is 0.352 e. The van der Waals surface area contributed by atoms with Crippen molar-refractivity contribution in [1.29, 1.82) is 0 Å². The molecule has 0 saturated heterocycles. The van der Waals surface area contributed by atoms with Crippen molar-refractivity contribution in [3.05, 3.63) is 87.4 Å². The quantitative estimate of drug-likeness (QED) is 0.418. The van der Waals surface area contributed by atoms with Crippen LogP contribution >= 0.6 is 11.6 Å². The van der Waals surface area contributed by atoms with Crippen LogP contribution in [0.5, 0.6) is 0 Å². The third-order valence-electron chi connectivity index (χ3n) is 5.17. The van der Waals surface area contributed by atoms with E-state index in [-0.39, 0.29) is 36.1 Å². The van der Waals surface area contributed by atoms with Gasteiger partial charge in [0.05, 0.1) is 22.8 Å². The van der Waals surface area contributed by atoms with Crippen LogP contribution in [0.2, 0.25) is 5.15 Å². The summed E-state index contributed by atoms with van der Waals surface area (Å²) in [5, 5.41) is 11.8. The largest absolute Gasteiger partial charge is 0.416 e. The average molecular weight is 490 g/mol. The van der Waals surface area contributed by atoms with Gasteiger partial charge in [0.15, 0.2) is 5.52 Å². The SMILES string of the molecule is O=C(CCCn1ncc2c(Cl)n(-c3ccccc3)nc2c1=O)NCc1ccc(C(F)(F)F)cc1. The van der Waals surface area contributed by atoms with Gasteiger partial charge in [0.1, 0.15) is 5.15 Å². The Bertz CT molecular complexity index is 1370. The summed E-state index contributed by atoms with van der Waals surface area (Å²) in [4.78, 5) is 24.9. The molecule has 1 N–H and O–H groups in total. The molecule has 0 aliphatic rings. The molecule has 176 valence electrons. The Kier molecular flexibility index (Phi) is 6.69. The van der Waals surface area contributed by atoms with Crippen LogP contribution < -0.4 is 10.9 Å². The molecule has 0 saturated carbocycles. The Morgan fingerprint density at radius 1 is 1.06 bits per heavy atom. The van der Waals surface area contributed by atoms with Crippen molar-refractivity contribution in [3.8, 4) is 5.69 Å². The second-order valence-electron chi connectivity index (χ2n) is 7.55. The number of benzene rings is 2. The van der Waals surface area contributed by atoms with Gasteiger partial charge in [-0.25, -0.2) is 9.36 Å². The number of aryl methyl sites for hydroxylation is 1. The first-order valence-electron chi connectivity index (χ1n) is 10.4. The van der Waals surface area contributed by atoms with Gasteiger partial charge in [0, 0.05) is 19.5 Å². The maximum Gasteiger partial charge on any atom is 0.416 e. The van der Waals surface area contributed by atoms with Crippen molar-refractivity contribution < 1.29 is 18.0 Å². The standard InChI is InChI=1S/C23H19ClF3N5O2/c24-21-18-14-29-31(22(34)20(18)30-32(21)17-5-2-1-3-6-17)12-4-7-19(33)28-13-15-8-10-16(11-9-15)23(25,26)27/h1-3,5-6,8-11,14H,4,7,12-13H2,(H,28,33). The van der Waals surface area contributed by atoms with Crippen molar-refractivity contribution in [2.75, 3.05) is 0 Å². The van der Waals surface area contributed by atoms with Gasteiger partial charge in [-0.2, -0.15) is 23.4 Å². The van der Waals surface area contributed by atoms with Crippen molar-refractivity contribution >= 4 is 28.4 Å². The van der Waals surface area contributed by atoms with E-state index < -0.39 is 17.3 Å². The molecule has 0 aliphatic heterocycles. The Hall–Kier alpha value is -3.66. The molecule has 0 unspecified atom stereocenters. The topological polar surface area (TPSA) is 81.8 Å². The van der Waals surface area contributed by atoms with E-state index in [4.69, 9.17) is 11.6 Å².